The molecule has 2 rings (SSSR count). The van der Waals surface area contributed by atoms with Crippen molar-refractivity contribution in [3.63, 3.8) is 0 Å². The topological polar surface area (TPSA) is 29.9 Å². The molecule has 1 aliphatic carbocycles. The SMILES string of the molecule is CCNCC1CCC(C(C)C)CC1CCc1nccn1C. The van der Waals surface area contributed by atoms with Crippen LogP contribution in [0.1, 0.15) is 52.3 Å². The first-order chi connectivity index (χ1) is 10.1. The monoisotopic (exact) mass is 291 g/mol. The largest absolute Gasteiger partial charge is 0.338 e. The summed E-state index contributed by atoms with van der Waals surface area (Å²) in [6.45, 7) is 9.29. The maximum atomic E-state index is 4.49. The molecule has 1 aromatic rings. The molecule has 120 valence electrons. The number of aryl methyl sites for hydroxylation is 2. The Hall–Kier alpha value is -0.830. The van der Waals surface area contributed by atoms with E-state index < -0.39 is 0 Å². The molecule has 0 aromatic carbocycles. The normalized spacial score (nSPS) is 26.4. The molecule has 1 fully saturated rings. The molecule has 0 bridgehead atoms. The summed E-state index contributed by atoms with van der Waals surface area (Å²) < 4.78 is 2.17. The molecule has 0 radical (unpaired) electrons. The van der Waals surface area contributed by atoms with Gasteiger partial charge in [-0.15, -0.1) is 0 Å². The Labute approximate surface area is 130 Å². The van der Waals surface area contributed by atoms with Gasteiger partial charge in [0.15, 0.2) is 0 Å². The van der Waals surface area contributed by atoms with E-state index in [1.807, 2.05) is 6.20 Å². The summed E-state index contributed by atoms with van der Waals surface area (Å²) in [7, 11) is 2.11. The quantitative estimate of drug-likeness (QED) is 0.831. The number of nitrogens with zero attached hydrogens (tertiary/aromatic N) is 2. The summed E-state index contributed by atoms with van der Waals surface area (Å²) in [4.78, 5) is 4.49. The average molecular weight is 291 g/mol. The highest BCUT2D eigenvalue weighted by Crippen LogP contribution is 2.39. The summed E-state index contributed by atoms with van der Waals surface area (Å²) in [5.74, 6) is 4.72. The predicted octanol–water partition coefficient (Wildman–Crippen LogP) is 3.65. The van der Waals surface area contributed by atoms with E-state index in [1.54, 1.807) is 0 Å². The Morgan fingerprint density at radius 2 is 2.14 bits per heavy atom. The highest BCUT2D eigenvalue weighted by molar-refractivity contribution is 4.93. The van der Waals surface area contributed by atoms with E-state index in [0.29, 0.717) is 0 Å². The van der Waals surface area contributed by atoms with Crippen molar-refractivity contribution in [2.24, 2.45) is 30.7 Å². The average Bonchev–Trinajstić information content (AvgIpc) is 2.88. The minimum absolute atomic E-state index is 0.834. The standard InChI is InChI=1S/C18H33N3/c1-5-19-13-17-7-6-15(14(2)3)12-16(17)8-9-18-20-10-11-21(18)4/h10-11,14-17,19H,5-9,12-13H2,1-4H3. The van der Waals surface area contributed by atoms with E-state index in [1.165, 1.54) is 38.1 Å². The van der Waals surface area contributed by atoms with Crippen LogP contribution in [-0.4, -0.2) is 22.6 Å². The van der Waals surface area contributed by atoms with Gasteiger partial charge in [-0.2, -0.15) is 0 Å². The predicted molar refractivity (Wildman–Crippen MR) is 89.2 cm³/mol. The minimum Gasteiger partial charge on any atom is -0.338 e. The smallest absolute Gasteiger partial charge is 0.108 e. The van der Waals surface area contributed by atoms with Gasteiger partial charge in [-0.1, -0.05) is 20.8 Å². The summed E-state index contributed by atoms with van der Waals surface area (Å²) in [6, 6.07) is 0. The van der Waals surface area contributed by atoms with Gasteiger partial charge in [-0.3, -0.25) is 0 Å². The molecular weight excluding hydrogens is 258 g/mol. The van der Waals surface area contributed by atoms with E-state index in [4.69, 9.17) is 0 Å². The van der Waals surface area contributed by atoms with Gasteiger partial charge in [0, 0.05) is 25.9 Å². The van der Waals surface area contributed by atoms with Gasteiger partial charge in [0.1, 0.15) is 5.82 Å². The maximum Gasteiger partial charge on any atom is 0.108 e. The van der Waals surface area contributed by atoms with Crippen LogP contribution >= 0.6 is 0 Å². The molecule has 1 saturated carbocycles. The summed E-state index contributed by atoms with van der Waals surface area (Å²) in [6.07, 6.45) is 10.6. The minimum atomic E-state index is 0.834. The van der Waals surface area contributed by atoms with Gasteiger partial charge in [-0.05, 0) is 62.4 Å². The van der Waals surface area contributed by atoms with E-state index in [-0.39, 0.29) is 0 Å². The molecule has 21 heavy (non-hydrogen) atoms. The van der Waals surface area contributed by atoms with Crippen molar-refractivity contribution >= 4 is 0 Å². The third kappa shape index (κ3) is 4.57. The van der Waals surface area contributed by atoms with Crippen LogP contribution in [0.2, 0.25) is 0 Å². The highest BCUT2D eigenvalue weighted by atomic mass is 15.0. The fourth-order valence-corrected chi connectivity index (χ4v) is 3.87. The van der Waals surface area contributed by atoms with Crippen LogP contribution in [0, 0.1) is 23.7 Å². The molecule has 1 N–H and O–H groups in total. The van der Waals surface area contributed by atoms with Crippen molar-refractivity contribution in [2.75, 3.05) is 13.1 Å². The van der Waals surface area contributed by atoms with Crippen LogP contribution in [0.4, 0.5) is 0 Å². The second-order valence-electron chi connectivity index (χ2n) is 7.14. The van der Waals surface area contributed by atoms with Crippen LogP contribution in [0.5, 0.6) is 0 Å². The first-order valence-electron chi connectivity index (χ1n) is 8.78. The molecular formula is C18H33N3. The lowest BCUT2D eigenvalue weighted by Gasteiger charge is -2.38. The van der Waals surface area contributed by atoms with E-state index in [2.05, 4.69) is 48.9 Å². The van der Waals surface area contributed by atoms with Gasteiger partial charge in [0.2, 0.25) is 0 Å². The third-order valence-corrected chi connectivity index (χ3v) is 5.44. The molecule has 3 atom stereocenters. The van der Waals surface area contributed by atoms with Crippen molar-refractivity contribution in [1.82, 2.24) is 14.9 Å². The Kier molecular flexibility index (Phi) is 6.28. The molecule has 1 aromatic heterocycles. The Balaban J connectivity index is 1.93. The molecule has 0 aliphatic heterocycles. The summed E-state index contributed by atoms with van der Waals surface area (Å²) in [5.41, 5.74) is 0. The first-order valence-corrected chi connectivity index (χ1v) is 8.78. The number of imidazole rings is 1. The van der Waals surface area contributed by atoms with Gasteiger partial charge >= 0.3 is 0 Å². The van der Waals surface area contributed by atoms with Gasteiger partial charge in [0.05, 0.1) is 0 Å². The van der Waals surface area contributed by atoms with Crippen molar-refractivity contribution in [3.05, 3.63) is 18.2 Å². The number of nitrogens with one attached hydrogen (secondary N) is 1. The molecule has 0 amide bonds. The van der Waals surface area contributed by atoms with Crippen LogP contribution in [0.15, 0.2) is 12.4 Å². The number of aromatic nitrogens is 2. The van der Waals surface area contributed by atoms with Crippen LogP contribution in [-0.2, 0) is 13.5 Å². The van der Waals surface area contributed by atoms with E-state index in [9.17, 15) is 0 Å². The maximum absolute atomic E-state index is 4.49. The molecule has 1 heterocycles. The third-order valence-electron chi connectivity index (χ3n) is 5.44. The summed E-state index contributed by atoms with van der Waals surface area (Å²) in [5, 5.41) is 3.58. The lowest BCUT2D eigenvalue weighted by molar-refractivity contribution is 0.138. The molecule has 3 unspecified atom stereocenters. The van der Waals surface area contributed by atoms with E-state index >= 15 is 0 Å². The van der Waals surface area contributed by atoms with Crippen LogP contribution in [0.3, 0.4) is 0 Å². The van der Waals surface area contributed by atoms with Gasteiger partial charge < -0.3 is 9.88 Å². The van der Waals surface area contributed by atoms with Crippen molar-refractivity contribution in [3.8, 4) is 0 Å². The van der Waals surface area contributed by atoms with Crippen LogP contribution < -0.4 is 5.32 Å². The molecule has 3 heteroatoms. The fourth-order valence-electron chi connectivity index (χ4n) is 3.87. The van der Waals surface area contributed by atoms with Gasteiger partial charge in [-0.25, -0.2) is 4.98 Å². The molecule has 0 saturated heterocycles. The second kappa shape index (κ2) is 7.98. The fraction of sp³-hybridized carbons (Fsp3) is 0.833. The Bertz CT molecular complexity index is 410. The lowest BCUT2D eigenvalue weighted by atomic mass is 9.69. The zero-order valence-electron chi connectivity index (χ0n) is 14.3. The number of rotatable bonds is 7. The zero-order valence-corrected chi connectivity index (χ0v) is 14.3. The molecule has 1 aliphatic rings. The van der Waals surface area contributed by atoms with Gasteiger partial charge in [0.25, 0.3) is 0 Å². The zero-order chi connectivity index (χ0) is 15.2. The Morgan fingerprint density at radius 3 is 2.76 bits per heavy atom. The van der Waals surface area contributed by atoms with Crippen molar-refractivity contribution in [2.45, 2.75) is 52.9 Å². The highest BCUT2D eigenvalue weighted by Gasteiger charge is 2.31. The van der Waals surface area contributed by atoms with Crippen molar-refractivity contribution in [1.29, 1.82) is 0 Å². The number of hydrogen-bond donors (Lipinski definition) is 1. The van der Waals surface area contributed by atoms with E-state index in [0.717, 1.165) is 36.6 Å². The van der Waals surface area contributed by atoms with Crippen molar-refractivity contribution < 1.29 is 0 Å². The number of hydrogen-bond acceptors (Lipinski definition) is 2. The Morgan fingerprint density at radius 1 is 1.33 bits per heavy atom. The van der Waals surface area contributed by atoms with Crippen LogP contribution in [0.25, 0.3) is 0 Å². The molecule has 0 spiro atoms. The second-order valence-corrected chi connectivity index (χ2v) is 7.14. The lowest BCUT2D eigenvalue weighted by Crippen LogP contribution is -2.34. The first kappa shape index (κ1) is 16.5. The summed E-state index contributed by atoms with van der Waals surface area (Å²) >= 11 is 0. The molecule has 3 nitrogen and oxygen atoms in total.